The second kappa shape index (κ2) is 10.2. The monoisotopic (exact) mass is 450 g/mol. The maximum Gasteiger partial charge on any atom is 0.275 e. The van der Waals surface area contributed by atoms with E-state index in [4.69, 9.17) is 0 Å². The summed E-state index contributed by atoms with van der Waals surface area (Å²) < 4.78 is 1.59. The lowest BCUT2D eigenvalue weighted by Crippen LogP contribution is -2.40. The number of carbonyl (C=O) groups is 1. The number of thiophene rings is 1. The summed E-state index contributed by atoms with van der Waals surface area (Å²) in [5, 5.41) is 9.43. The number of nitrogens with one attached hydrogen (secondary N) is 1. The SMILES string of the molecule is Cc1ccc(-n2ccc(=O)c(C(=O)NCC(c3cccs3)N3CCCCCC3)n2)cc1C. The fraction of sp³-hybridized carbons (Fsp3) is 0.400. The summed E-state index contributed by atoms with van der Waals surface area (Å²) in [4.78, 5) is 29.1. The maximum absolute atomic E-state index is 13.0. The van der Waals surface area contributed by atoms with Gasteiger partial charge in [0.2, 0.25) is 5.43 Å². The lowest BCUT2D eigenvalue weighted by molar-refractivity contribution is 0.0926. The molecular formula is C25H30N4O2S. The third-order valence-electron chi connectivity index (χ3n) is 6.19. The van der Waals surface area contributed by atoms with Gasteiger partial charge in [0, 0.05) is 23.7 Å². The number of amides is 1. The lowest BCUT2D eigenvalue weighted by atomic mass is 10.1. The average Bonchev–Trinajstić information content (AvgIpc) is 3.19. The van der Waals surface area contributed by atoms with Crippen LogP contribution < -0.4 is 10.7 Å². The third kappa shape index (κ3) is 5.16. The molecule has 1 N–H and O–H groups in total. The van der Waals surface area contributed by atoms with E-state index in [0.29, 0.717) is 6.54 Å². The van der Waals surface area contributed by atoms with E-state index in [0.717, 1.165) is 24.3 Å². The first-order valence-corrected chi connectivity index (χ1v) is 12.1. The van der Waals surface area contributed by atoms with Crippen molar-refractivity contribution in [1.29, 1.82) is 0 Å². The van der Waals surface area contributed by atoms with Crippen molar-refractivity contribution in [3.8, 4) is 5.69 Å². The van der Waals surface area contributed by atoms with Crippen molar-refractivity contribution < 1.29 is 4.79 Å². The highest BCUT2D eigenvalue weighted by molar-refractivity contribution is 7.10. The molecule has 168 valence electrons. The maximum atomic E-state index is 13.0. The molecule has 32 heavy (non-hydrogen) atoms. The van der Waals surface area contributed by atoms with Gasteiger partial charge in [0.05, 0.1) is 11.7 Å². The minimum absolute atomic E-state index is 0.0773. The molecule has 1 fully saturated rings. The van der Waals surface area contributed by atoms with E-state index in [1.807, 2.05) is 38.1 Å². The van der Waals surface area contributed by atoms with Gasteiger partial charge in [-0.2, -0.15) is 5.10 Å². The molecule has 0 saturated carbocycles. The molecule has 7 heteroatoms. The zero-order chi connectivity index (χ0) is 22.5. The van der Waals surface area contributed by atoms with E-state index < -0.39 is 5.91 Å². The molecule has 4 rings (SSSR count). The number of rotatable bonds is 6. The van der Waals surface area contributed by atoms with Gasteiger partial charge >= 0.3 is 0 Å². The molecule has 6 nitrogen and oxygen atoms in total. The number of benzene rings is 1. The molecule has 1 aliphatic rings. The van der Waals surface area contributed by atoms with Crippen LogP contribution in [0.15, 0.2) is 52.8 Å². The number of aromatic nitrogens is 2. The van der Waals surface area contributed by atoms with Gasteiger partial charge in [0.1, 0.15) is 0 Å². The molecule has 0 aliphatic carbocycles. The first-order chi connectivity index (χ1) is 15.5. The Morgan fingerprint density at radius 3 is 2.56 bits per heavy atom. The second-order valence-electron chi connectivity index (χ2n) is 8.43. The van der Waals surface area contributed by atoms with Crippen LogP contribution >= 0.6 is 11.3 Å². The molecule has 2 aromatic heterocycles. The fourth-order valence-electron chi connectivity index (χ4n) is 4.15. The van der Waals surface area contributed by atoms with Crippen LogP contribution in [0.25, 0.3) is 5.69 Å². The molecule has 1 amide bonds. The summed E-state index contributed by atoms with van der Waals surface area (Å²) in [6.45, 7) is 6.59. The van der Waals surface area contributed by atoms with Crippen LogP contribution in [0.2, 0.25) is 0 Å². The second-order valence-corrected chi connectivity index (χ2v) is 9.41. The highest BCUT2D eigenvalue weighted by Gasteiger charge is 2.24. The van der Waals surface area contributed by atoms with Gasteiger partial charge in [-0.15, -0.1) is 11.3 Å². The van der Waals surface area contributed by atoms with Gasteiger partial charge in [0.25, 0.3) is 5.91 Å². The molecule has 0 spiro atoms. The quantitative estimate of drug-likeness (QED) is 0.609. The van der Waals surface area contributed by atoms with Crippen molar-refractivity contribution in [2.75, 3.05) is 19.6 Å². The average molecular weight is 451 g/mol. The van der Waals surface area contributed by atoms with Crippen LogP contribution in [-0.4, -0.2) is 40.2 Å². The van der Waals surface area contributed by atoms with Crippen molar-refractivity contribution in [2.24, 2.45) is 0 Å². The third-order valence-corrected chi connectivity index (χ3v) is 7.16. The smallest absolute Gasteiger partial charge is 0.275 e. The molecule has 1 atom stereocenters. The van der Waals surface area contributed by atoms with Crippen molar-refractivity contribution in [1.82, 2.24) is 20.0 Å². The highest BCUT2D eigenvalue weighted by Crippen LogP contribution is 2.27. The summed E-state index contributed by atoms with van der Waals surface area (Å²) in [5.41, 5.74) is 2.69. The summed E-state index contributed by atoms with van der Waals surface area (Å²) in [6, 6.07) is 11.6. The molecule has 3 heterocycles. The van der Waals surface area contributed by atoms with E-state index in [9.17, 15) is 9.59 Å². The Balaban J connectivity index is 1.53. The van der Waals surface area contributed by atoms with E-state index in [2.05, 4.69) is 26.8 Å². The van der Waals surface area contributed by atoms with Crippen LogP contribution in [-0.2, 0) is 0 Å². The Labute approximate surface area is 192 Å². The number of hydrogen-bond acceptors (Lipinski definition) is 5. The predicted octanol–water partition coefficient (Wildman–Crippen LogP) is 4.26. The van der Waals surface area contributed by atoms with E-state index in [1.165, 1.54) is 42.2 Å². The van der Waals surface area contributed by atoms with Crippen molar-refractivity contribution in [3.05, 3.63) is 79.9 Å². The summed E-state index contributed by atoms with van der Waals surface area (Å²) in [7, 11) is 0. The first kappa shape index (κ1) is 22.4. The zero-order valence-corrected chi connectivity index (χ0v) is 19.5. The van der Waals surface area contributed by atoms with Gasteiger partial charge in [-0.3, -0.25) is 14.5 Å². The van der Waals surface area contributed by atoms with Crippen molar-refractivity contribution in [3.63, 3.8) is 0 Å². The Hall–Kier alpha value is -2.77. The van der Waals surface area contributed by atoms with Gasteiger partial charge in [0.15, 0.2) is 5.69 Å². The number of aryl methyl sites for hydroxylation is 2. The molecule has 3 aromatic rings. The summed E-state index contributed by atoms with van der Waals surface area (Å²) in [5.74, 6) is -0.426. The van der Waals surface area contributed by atoms with Crippen LogP contribution in [0.3, 0.4) is 0 Å². The molecule has 0 bridgehead atoms. The molecule has 0 radical (unpaired) electrons. The van der Waals surface area contributed by atoms with Crippen LogP contribution in [0, 0.1) is 13.8 Å². The van der Waals surface area contributed by atoms with Crippen LogP contribution in [0.4, 0.5) is 0 Å². The normalized spacial score (nSPS) is 15.8. The number of carbonyl (C=O) groups excluding carboxylic acids is 1. The van der Waals surface area contributed by atoms with Gasteiger partial charge < -0.3 is 5.32 Å². The largest absolute Gasteiger partial charge is 0.349 e. The summed E-state index contributed by atoms with van der Waals surface area (Å²) in [6.07, 6.45) is 6.47. The number of likely N-dealkylation sites (tertiary alicyclic amines) is 1. The van der Waals surface area contributed by atoms with Crippen molar-refractivity contribution >= 4 is 17.2 Å². The van der Waals surface area contributed by atoms with E-state index >= 15 is 0 Å². The fourth-order valence-corrected chi connectivity index (χ4v) is 5.01. The topological polar surface area (TPSA) is 67.2 Å². The first-order valence-electron chi connectivity index (χ1n) is 11.3. The van der Waals surface area contributed by atoms with Gasteiger partial charge in [-0.1, -0.05) is 25.0 Å². The van der Waals surface area contributed by atoms with Crippen molar-refractivity contribution in [2.45, 2.75) is 45.6 Å². The standard InChI is InChI=1S/C25H30N4O2S/c1-18-9-10-20(16-19(18)2)29-14-11-22(30)24(27-29)25(31)26-17-21(23-8-7-15-32-23)28-12-5-3-4-6-13-28/h7-11,14-16,21H,3-6,12-13,17H2,1-2H3,(H,26,31). The molecule has 1 aliphatic heterocycles. The molecule has 1 saturated heterocycles. The van der Waals surface area contributed by atoms with E-state index in [-0.39, 0.29) is 17.2 Å². The summed E-state index contributed by atoms with van der Waals surface area (Å²) >= 11 is 1.71. The minimum atomic E-state index is -0.426. The molecule has 1 unspecified atom stereocenters. The number of nitrogens with zero attached hydrogens (tertiary/aromatic N) is 3. The number of hydrogen-bond donors (Lipinski definition) is 1. The Morgan fingerprint density at radius 1 is 1.09 bits per heavy atom. The minimum Gasteiger partial charge on any atom is -0.349 e. The Kier molecular flexibility index (Phi) is 7.17. The molecular weight excluding hydrogens is 420 g/mol. The Bertz CT molecular complexity index is 1120. The lowest BCUT2D eigenvalue weighted by Gasteiger charge is -2.30. The van der Waals surface area contributed by atoms with Gasteiger partial charge in [-0.25, -0.2) is 4.68 Å². The zero-order valence-electron chi connectivity index (χ0n) is 18.7. The molecule has 1 aromatic carbocycles. The van der Waals surface area contributed by atoms with Gasteiger partial charge in [-0.05, 0) is 74.5 Å². The van der Waals surface area contributed by atoms with Crippen LogP contribution in [0.5, 0.6) is 0 Å². The Morgan fingerprint density at radius 2 is 1.88 bits per heavy atom. The van der Waals surface area contributed by atoms with E-state index in [1.54, 1.807) is 22.2 Å². The highest BCUT2D eigenvalue weighted by atomic mass is 32.1. The predicted molar refractivity (Wildman–Crippen MR) is 129 cm³/mol. The van der Waals surface area contributed by atoms with Crippen LogP contribution in [0.1, 0.15) is 58.2 Å².